The van der Waals surface area contributed by atoms with Gasteiger partial charge in [-0.2, -0.15) is 0 Å². The fourth-order valence-electron chi connectivity index (χ4n) is 7.54. The molecule has 0 aliphatic rings. The third-order valence-corrected chi connectivity index (χ3v) is 10.0. The van der Waals surface area contributed by atoms with Crippen molar-refractivity contribution in [1.29, 1.82) is 0 Å². The second-order valence-electron chi connectivity index (χ2n) is 13.1. The summed E-state index contributed by atoms with van der Waals surface area (Å²) < 4.78 is 0. The standard InChI is InChI=1S/C48H30N4/c1-2-11-31(12-3-1)45-27-43(35-16-9-23-49-29-35)40-21-22-41-44(36-17-10-24-50-30-36)28-46(52-48(41)47(40)51-45)34-15-8-14-32(25-34)42-26-33-13-4-5-18-37(33)38-19-6-7-20-39(38)42/h1-30H. The first-order valence-electron chi connectivity index (χ1n) is 17.4. The van der Waals surface area contributed by atoms with Gasteiger partial charge in [0.2, 0.25) is 0 Å². The molecule has 0 saturated heterocycles. The zero-order valence-corrected chi connectivity index (χ0v) is 28.1. The van der Waals surface area contributed by atoms with E-state index in [-0.39, 0.29) is 0 Å². The monoisotopic (exact) mass is 662 g/mol. The molecule has 0 bridgehead atoms. The van der Waals surface area contributed by atoms with Crippen molar-refractivity contribution in [2.24, 2.45) is 0 Å². The third kappa shape index (κ3) is 5.09. The Bertz CT molecular complexity index is 2940. The summed E-state index contributed by atoms with van der Waals surface area (Å²) in [6, 6.07) is 55.6. The van der Waals surface area contributed by atoms with E-state index in [0.717, 1.165) is 72.1 Å². The summed E-state index contributed by atoms with van der Waals surface area (Å²) >= 11 is 0. The predicted molar refractivity (Wildman–Crippen MR) is 215 cm³/mol. The Morgan fingerprint density at radius 3 is 1.48 bits per heavy atom. The molecule has 4 heterocycles. The van der Waals surface area contributed by atoms with E-state index in [2.05, 4.69) is 149 Å². The largest absolute Gasteiger partial charge is 0.264 e. The van der Waals surface area contributed by atoms with Gasteiger partial charge in [-0.15, -0.1) is 0 Å². The average Bonchev–Trinajstić information content (AvgIpc) is 3.23. The van der Waals surface area contributed by atoms with E-state index >= 15 is 0 Å². The summed E-state index contributed by atoms with van der Waals surface area (Å²) in [6.07, 6.45) is 7.47. The number of nitrogens with zero attached hydrogens (tertiary/aromatic N) is 4. The Labute approximate surface area is 300 Å². The normalized spacial score (nSPS) is 11.5. The first kappa shape index (κ1) is 29.8. The summed E-state index contributed by atoms with van der Waals surface area (Å²) in [7, 11) is 0. The van der Waals surface area contributed by atoms with Crippen molar-refractivity contribution in [3.8, 4) is 55.9 Å². The van der Waals surface area contributed by atoms with E-state index in [0.29, 0.717) is 0 Å². The van der Waals surface area contributed by atoms with Gasteiger partial charge in [0.1, 0.15) is 0 Å². The van der Waals surface area contributed by atoms with Gasteiger partial charge in [-0.1, -0.05) is 121 Å². The van der Waals surface area contributed by atoms with Crippen molar-refractivity contribution in [3.05, 3.63) is 183 Å². The van der Waals surface area contributed by atoms with Crippen LogP contribution in [-0.4, -0.2) is 19.9 Å². The topological polar surface area (TPSA) is 51.6 Å². The number of fused-ring (bicyclic) bond motifs is 6. The molecule has 0 N–H and O–H groups in total. The molecular weight excluding hydrogens is 633 g/mol. The summed E-state index contributed by atoms with van der Waals surface area (Å²) in [6.45, 7) is 0. The van der Waals surface area contributed by atoms with Crippen molar-refractivity contribution in [1.82, 2.24) is 19.9 Å². The van der Waals surface area contributed by atoms with Crippen LogP contribution in [0.2, 0.25) is 0 Å². The maximum absolute atomic E-state index is 5.48. The molecule has 0 spiro atoms. The van der Waals surface area contributed by atoms with Crippen LogP contribution in [-0.2, 0) is 0 Å². The van der Waals surface area contributed by atoms with Gasteiger partial charge in [-0.25, -0.2) is 9.97 Å². The minimum Gasteiger partial charge on any atom is -0.264 e. The van der Waals surface area contributed by atoms with E-state index in [1.54, 1.807) is 0 Å². The summed E-state index contributed by atoms with van der Waals surface area (Å²) in [4.78, 5) is 19.8. The average molecular weight is 663 g/mol. The van der Waals surface area contributed by atoms with Crippen LogP contribution in [0, 0.1) is 0 Å². The van der Waals surface area contributed by atoms with Gasteiger partial charge in [-0.3, -0.25) is 9.97 Å². The number of benzene rings is 6. The van der Waals surface area contributed by atoms with E-state index in [1.807, 2.05) is 43.0 Å². The maximum atomic E-state index is 5.48. The van der Waals surface area contributed by atoms with Crippen molar-refractivity contribution in [3.63, 3.8) is 0 Å². The highest BCUT2D eigenvalue weighted by molar-refractivity contribution is 6.15. The van der Waals surface area contributed by atoms with Crippen LogP contribution in [0.25, 0.3) is 99.2 Å². The number of hydrogen-bond acceptors (Lipinski definition) is 4. The fourth-order valence-corrected chi connectivity index (χ4v) is 7.54. The van der Waals surface area contributed by atoms with Crippen molar-refractivity contribution in [2.45, 2.75) is 0 Å². The Kier molecular flexibility index (Phi) is 7.10. The number of aromatic nitrogens is 4. The second kappa shape index (κ2) is 12.4. The van der Waals surface area contributed by atoms with Crippen molar-refractivity contribution in [2.75, 3.05) is 0 Å². The van der Waals surface area contributed by atoms with Crippen LogP contribution in [0.3, 0.4) is 0 Å². The number of pyridine rings is 4. The highest BCUT2D eigenvalue weighted by atomic mass is 14.8. The fraction of sp³-hybridized carbons (Fsp3) is 0. The highest BCUT2D eigenvalue weighted by Crippen LogP contribution is 2.41. The van der Waals surface area contributed by atoms with Crippen LogP contribution in [0.1, 0.15) is 0 Å². The minimum atomic E-state index is 0.846. The van der Waals surface area contributed by atoms with E-state index in [4.69, 9.17) is 9.97 Å². The molecule has 242 valence electrons. The first-order valence-corrected chi connectivity index (χ1v) is 17.4. The predicted octanol–water partition coefficient (Wildman–Crippen LogP) is 12.2. The Morgan fingerprint density at radius 2 is 0.827 bits per heavy atom. The molecule has 0 amide bonds. The van der Waals surface area contributed by atoms with Gasteiger partial charge in [0.15, 0.2) is 0 Å². The summed E-state index contributed by atoms with van der Waals surface area (Å²) in [5, 5.41) is 7.01. The van der Waals surface area contributed by atoms with Gasteiger partial charge < -0.3 is 0 Å². The van der Waals surface area contributed by atoms with Crippen LogP contribution in [0.5, 0.6) is 0 Å². The molecule has 0 saturated carbocycles. The SMILES string of the molecule is c1ccc(-c2cc(-c3cccnc3)c3ccc4c(-c5cccnc5)cc(-c5cccc(-c6cc7ccccc7c7ccccc67)c5)nc4c3n2)cc1. The molecule has 10 aromatic rings. The number of rotatable bonds is 5. The van der Waals surface area contributed by atoms with Crippen LogP contribution in [0.15, 0.2) is 183 Å². The molecule has 4 heteroatoms. The first-order chi connectivity index (χ1) is 25.8. The lowest BCUT2D eigenvalue weighted by Gasteiger charge is -2.16. The van der Waals surface area contributed by atoms with Gasteiger partial charge in [0.25, 0.3) is 0 Å². The van der Waals surface area contributed by atoms with Crippen molar-refractivity contribution >= 4 is 43.4 Å². The van der Waals surface area contributed by atoms with E-state index in [1.165, 1.54) is 27.1 Å². The van der Waals surface area contributed by atoms with Gasteiger partial charge in [0, 0.05) is 57.8 Å². The Hall–Kier alpha value is -7.04. The molecule has 10 rings (SSSR count). The van der Waals surface area contributed by atoms with Gasteiger partial charge in [-0.05, 0) is 80.2 Å². The van der Waals surface area contributed by atoms with Crippen LogP contribution in [0.4, 0.5) is 0 Å². The van der Waals surface area contributed by atoms with Crippen LogP contribution >= 0.6 is 0 Å². The van der Waals surface area contributed by atoms with Crippen LogP contribution < -0.4 is 0 Å². The van der Waals surface area contributed by atoms with E-state index in [9.17, 15) is 0 Å². The van der Waals surface area contributed by atoms with Gasteiger partial charge in [0.05, 0.1) is 22.4 Å². The lowest BCUT2D eigenvalue weighted by molar-refractivity contribution is 1.32. The number of hydrogen-bond donors (Lipinski definition) is 0. The molecule has 0 unspecified atom stereocenters. The quantitative estimate of drug-likeness (QED) is 0.172. The molecule has 52 heavy (non-hydrogen) atoms. The molecular formula is C48H30N4. The molecule has 6 aromatic carbocycles. The third-order valence-electron chi connectivity index (χ3n) is 10.0. The van der Waals surface area contributed by atoms with Gasteiger partial charge >= 0.3 is 0 Å². The lowest BCUT2D eigenvalue weighted by atomic mass is 9.91. The highest BCUT2D eigenvalue weighted by Gasteiger charge is 2.18. The van der Waals surface area contributed by atoms with E-state index < -0.39 is 0 Å². The second-order valence-corrected chi connectivity index (χ2v) is 13.1. The summed E-state index contributed by atoms with van der Waals surface area (Å²) in [5.41, 5.74) is 12.1. The Balaban J connectivity index is 1.25. The lowest BCUT2D eigenvalue weighted by Crippen LogP contribution is -1.96. The molecule has 0 radical (unpaired) electrons. The molecule has 0 fully saturated rings. The zero-order chi connectivity index (χ0) is 34.4. The smallest absolute Gasteiger partial charge is 0.0978 e. The molecule has 0 atom stereocenters. The molecule has 4 nitrogen and oxygen atoms in total. The minimum absolute atomic E-state index is 0.846. The maximum Gasteiger partial charge on any atom is 0.0978 e. The zero-order valence-electron chi connectivity index (χ0n) is 28.1. The molecule has 0 aliphatic heterocycles. The van der Waals surface area contributed by atoms with Crippen molar-refractivity contribution < 1.29 is 0 Å². The molecule has 0 aliphatic carbocycles. The molecule has 4 aromatic heterocycles. The Morgan fingerprint density at radius 1 is 0.308 bits per heavy atom. The summed E-state index contributed by atoms with van der Waals surface area (Å²) in [5.74, 6) is 0.